The molecule has 0 fully saturated rings. The number of hydrogen-bond donors (Lipinski definition) is 8. The Labute approximate surface area is 528 Å². The number of rotatable bonds is 18. The average Bonchev–Trinajstić information content (AvgIpc) is 3.33. The second-order valence-electron chi connectivity index (χ2n) is 13.7. The van der Waals surface area contributed by atoms with Crippen LogP contribution in [-0.2, 0) is 123 Å². The van der Waals surface area contributed by atoms with Gasteiger partial charge >= 0.3 is 97.9 Å². The van der Waals surface area contributed by atoms with E-state index in [9.17, 15) is 0 Å². The maximum atomic E-state index is 7.96. The fourth-order valence-corrected chi connectivity index (χ4v) is 5.20. The van der Waals surface area contributed by atoms with Crippen molar-refractivity contribution in [1.29, 1.82) is 0 Å². The average molecular weight is 1510 g/mol. The van der Waals surface area contributed by atoms with Crippen LogP contribution in [0.5, 0.6) is 0 Å². The van der Waals surface area contributed by atoms with Crippen LogP contribution in [0.1, 0.15) is 46.2 Å². The quantitative estimate of drug-likeness (QED) is 0.0178. The zero-order valence-electron chi connectivity index (χ0n) is 44.6. The maximum absolute atomic E-state index is 7.96. The van der Waals surface area contributed by atoms with Gasteiger partial charge in [-0.25, -0.2) is 9.13 Å². The van der Waals surface area contributed by atoms with Gasteiger partial charge in [-0.1, -0.05) is 24.3 Å². The Morgan fingerprint density at radius 1 is 0.388 bits per heavy atom. The second-order valence-corrected chi connectivity index (χ2v) is 15.4. The SMILES string of the molecule is CO[Si]OCCc1ccncc1.CO[Si]OCCc1ccncc1.C[n+]1ccc(/C=C/c2ccncc2)cc1.C[n+]1ccc(/C=C/c2ccncc2)cc1.OC(O)CC(O)O.OC(O)CC(O)O.[NH2-].[NH2-].[NH2-].[NH2-].[NH2-].[NH2-].[NH2-].[NH2-].[Rh+2].[Rh+2].[Rh+2].[Rh+2]. The monoisotopic (exact) mass is 1510 g/mol. The van der Waals surface area contributed by atoms with Gasteiger partial charge in [-0.2, -0.15) is 0 Å². The van der Waals surface area contributed by atoms with Crippen LogP contribution < -0.4 is 9.13 Å². The zero-order chi connectivity index (χ0) is 50.0. The Bertz CT molecular complexity index is 1980. The summed E-state index contributed by atoms with van der Waals surface area (Å²) in [4.78, 5) is 15.8. The number of aliphatic hydroxyl groups excluding tert-OH is 4. The molecule has 32 heteroatoms. The Morgan fingerprint density at radius 3 is 0.800 bits per heavy atom. The molecule has 0 saturated heterocycles. The van der Waals surface area contributed by atoms with E-state index >= 15 is 0 Å². The van der Waals surface area contributed by atoms with Gasteiger partial charge in [0.2, 0.25) is 0 Å². The molecule has 6 rings (SSSR count). The molecule has 6 heterocycles. The summed E-state index contributed by atoms with van der Waals surface area (Å²) in [5.74, 6) is 0. The van der Waals surface area contributed by atoms with Crippen LogP contribution in [-0.4, -0.2) is 133 Å². The van der Waals surface area contributed by atoms with Crippen molar-refractivity contribution >= 4 is 44.3 Å². The summed E-state index contributed by atoms with van der Waals surface area (Å²) in [5, 5.41) is 63.7. The van der Waals surface area contributed by atoms with Crippen LogP contribution in [0, 0.1) is 0 Å². The minimum absolute atomic E-state index is 0. The number of pyridine rings is 6. The summed E-state index contributed by atoms with van der Waals surface area (Å²) in [6.07, 6.45) is 25.3. The van der Waals surface area contributed by atoms with E-state index < -0.39 is 38.0 Å². The van der Waals surface area contributed by atoms with Gasteiger partial charge in [-0.15, -0.1) is 0 Å². The predicted molar refractivity (Wildman–Crippen MR) is 299 cm³/mol. The molecule has 456 valence electrons. The number of aromatic nitrogens is 6. The van der Waals surface area contributed by atoms with Crippen molar-refractivity contribution in [2.45, 2.75) is 50.8 Å². The number of hydrogen-bond acceptors (Lipinski definition) is 16. The molecule has 0 atom stereocenters. The van der Waals surface area contributed by atoms with Crippen LogP contribution >= 0.6 is 0 Å². The second kappa shape index (κ2) is 71.6. The van der Waals surface area contributed by atoms with Crippen LogP contribution in [0.4, 0.5) is 0 Å². The van der Waals surface area contributed by atoms with Gasteiger partial charge in [0.25, 0.3) is 0 Å². The third-order valence-corrected chi connectivity index (χ3v) is 8.95. The first kappa shape index (κ1) is 105. The van der Waals surface area contributed by atoms with E-state index in [1.807, 2.05) is 96.5 Å². The van der Waals surface area contributed by atoms with Crippen molar-refractivity contribution in [3.05, 3.63) is 230 Å². The summed E-state index contributed by atoms with van der Waals surface area (Å²) in [5.41, 5.74) is 7.21. The van der Waals surface area contributed by atoms with Crippen molar-refractivity contribution in [3.8, 4) is 0 Å². The van der Waals surface area contributed by atoms with Crippen LogP contribution in [0.2, 0.25) is 0 Å². The molecule has 0 aliphatic carbocycles. The van der Waals surface area contributed by atoms with E-state index in [4.69, 9.17) is 58.6 Å². The van der Waals surface area contributed by atoms with Crippen molar-refractivity contribution in [2.75, 3.05) is 27.4 Å². The maximum Gasteiger partial charge on any atom is 2.00 e. The smallest absolute Gasteiger partial charge is 0.693 e. The third-order valence-electron chi connectivity index (χ3n) is 7.97. The summed E-state index contributed by atoms with van der Waals surface area (Å²) >= 11 is 0. The molecule has 0 bridgehead atoms. The van der Waals surface area contributed by atoms with E-state index in [1.165, 1.54) is 33.4 Å². The van der Waals surface area contributed by atoms with Gasteiger partial charge in [0.05, 0.1) is 0 Å². The molecule has 6 aromatic heterocycles. The fraction of sp³-hybridized carbons (Fsp3) is 0.292. The standard InChI is InChI=1S/2C13H13N2.2C8H11NO2Si.2C3H8O4.8H2N.4Rh/c2*1-15-10-6-13(7-11-15)3-2-12-4-8-14-9-5-12;2*1-10-12-11-7-4-8-2-5-9-6-3-8;2*4-2(5)1-3(6)7;;;;;;;;;;;;/h2*2-11H,1H3;2*2-3,5-6H,4,7H2,1H3;2*2-7H,1H2;8*1H2;;;;/q2*+1;;;;;8*-1;4*+2/b2*3-2+;;;;;;;;;;;;;;;;. The Balaban J connectivity index is -0.0000000687. The van der Waals surface area contributed by atoms with Crippen LogP contribution in [0.3, 0.4) is 0 Å². The predicted octanol–water partition coefficient (Wildman–Crippen LogP) is 7.52. The first-order valence-electron chi connectivity index (χ1n) is 20.9. The van der Waals surface area contributed by atoms with Crippen molar-refractivity contribution in [1.82, 2.24) is 19.9 Å². The van der Waals surface area contributed by atoms with Crippen LogP contribution in [0.25, 0.3) is 73.5 Å². The molecule has 8 radical (unpaired) electrons. The van der Waals surface area contributed by atoms with Gasteiger partial charge in [0.1, 0.15) is 14.1 Å². The van der Waals surface area contributed by atoms with E-state index in [0.29, 0.717) is 13.2 Å². The van der Waals surface area contributed by atoms with E-state index in [0.717, 1.165) is 12.8 Å². The van der Waals surface area contributed by atoms with Crippen LogP contribution in [0.15, 0.2) is 147 Å². The van der Waals surface area contributed by atoms with Crippen molar-refractivity contribution in [3.63, 3.8) is 0 Å². The Kier molecular flexibility index (Phi) is 93.8. The summed E-state index contributed by atoms with van der Waals surface area (Å²) in [6.45, 7) is 1.41. The normalized spacial score (nSPS) is 9.00. The van der Waals surface area contributed by atoms with Crippen molar-refractivity contribution < 1.29 is 146 Å². The molecule has 80 heavy (non-hydrogen) atoms. The first-order valence-corrected chi connectivity index (χ1v) is 22.5. The Hall–Kier alpha value is -3.49. The van der Waals surface area contributed by atoms with E-state index in [1.54, 1.807) is 63.8 Å². The first-order chi connectivity index (χ1) is 32.8. The molecule has 0 amide bonds. The molecule has 6 aromatic rings. The summed E-state index contributed by atoms with van der Waals surface area (Å²) < 4.78 is 23.9. The number of nitrogens with zero attached hydrogens (tertiary/aromatic N) is 6. The molecule has 26 nitrogen and oxygen atoms in total. The van der Waals surface area contributed by atoms with Gasteiger partial charge in [0.15, 0.2) is 49.9 Å². The minimum Gasteiger partial charge on any atom is -0.693 e. The van der Waals surface area contributed by atoms with E-state index in [2.05, 4.69) is 68.5 Å². The van der Waals surface area contributed by atoms with Gasteiger partial charge in [-0.05, 0) is 94.8 Å². The molecule has 0 aliphatic rings. The summed E-state index contributed by atoms with van der Waals surface area (Å²) in [7, 11) is 7.58. The van der Waals surface area contributed by atoms with Crippen molar-refractivity contribution in [2.24, 2.45) is 14.1 Å². The molecule has 24 N–H and O–H groups in total. The van der Waals surface area contributed by atoms with Gasteiger partial charge < -0.3 is 108 Å². The third kappa shape index (κ3) is 65.3. The number of aryl methyl sites for hydroxylation is 2. The van der Waals surface area contributed by atoms with E-state index in [-0.39, 0.29) is 147 Å². The summed E-state index contributed by atoms with van der Waals surface area (Å²) in [6, 6.07) is 24.2. The zero-order valence-corrected chi connectivity index (χ0v) is 53.1. The molecular formula is C48H80N14O12Rh4Si2+2. The molecule has 0 spiro atoms. The molecule has 0 aliphatic heterocycles. The van der Waals surface area contributed by atoms with Gasteiger partial charge in [-0.3, -0.25) is 19.9 Å². The number of nitrogens with two attached hydrogens (primary N) is 8. The molecule has 0 unspecified atom stereocenters. The fourth-order valence-electron chi connectivity index (χ4n) is 4.60. The molecule has 0 saturated carbocycles. The minimum atomic E-state index is -1.63. The Morgan fingerprint density at radius 2 is 0.600 bits per heavy atom. The number of aliphatic hydroxyl groups is 8. The molecule has 0 aromatic carbocycles. The molecular weight excluding hydrogens is 1430 g/mol. The topological polar surface area (TPSA) is 526 Å². The van der Waals surface area contributed by atoms with Gasteiger partial charge in [0, 0.05) is 114 Å². The largest absolute Gasteiger partial charge is 2.00 e.